The zero-order chi connectivity index (χ0) is 13.6. The first-order valence-corrected chi connectivity index (χ1v) is 5.59. The Hall–Kier alpha value is -1.81. The second kappa shape index (κ2) is 6.21. The van der Waals surface area contributed by atoms with Crippen molar-refractivity contribution in [3.05, 3.63) is 42.5 Å². The van der Waals surface area contributed by atoms with Gasteiger partial charge in [-0.05, 0) is 24.1 Å². The van der Waals surface area contributed by atoms with Gasteiger partial charge in [0.25, 0.3) is 0 Å². The number of carbonyl (C=O) groups excluding carboxylic acids is 1. The Balaban J connectivity index is 3.31. The maximum atomic E-state index is 12.0. The Morgan fingerprint density at radius 3 is 2.72 bits per heavy atom. The van der Waals surface area contributed by atoms with Gasteiger partial charge in [0.15, 0.2) is 0 Å². The van der Waals surface area contributed by atoms with Gasteiger partial charge in [0.2, 0.25) is 0 Å². The van der Waals surface area contributed by atoms with E-state index in [-0.39, 0.29) is 6.61 Å². The molecule has 1 aromatic rings. The van der Waals surface area contributed by atoms with Crippen LogP contribution in [0.4, 0.5) is 0 Å². The van der Waals surface area contributed by atoms with Crippen LogP contribution in [0.1, 0.15) is 12.0 Å². The van der Waals surface area contributed by atoms with Crippen molar-refractivity contribution in [2.75, 3.05) is 20.8 Å². The molecule has 1 rings (SSSR count). The van der Waals surface area contributed by atoms with E-state index >= 15 is 0 Å². The molecule has 1 aromatic carbocycles. The summed E-state index contributed by atoms with van der Waals surface area (Å²) in [6.45, 7) is 3.28. The van der Waals surface area contributed by atoms with Gasteiger partial charge in [0.1, 0.15) is 11.2 Å². The highest BCUT2D eigenvalue weighted by Gasteiger charge is 2.40. The van der Waals surface area contributed by atoms with Crippen LogP contribution in [0.25, 0.3) is 0 Å². The Bertz CT molecular complexity index is 428. The number of esters is 1. The molecule has 0 fully saturated rings. The minimum Gasteiger partial charge on any atom is -0.497 e. The molecular formula is C14H18O4. The monoisotopic (exact) mass is 250 g/mol. The summed E-state index contributed by atoms with van der Waals surface area (Å²) in [5.74, 6) is 0.136. The van der Waals surface area contributed by atoms with Gasteiger partial charge in [0, 0.05) is 0 Å². The fourth-order valence-electron chi connectivity index (χ4n) is 1.90. The van der Waals surface area contributed by atoms with Crippen LogP contribution >= 0.6 is 0 Å². The number of aliphatic hydroxyl groups excluding tert-OH is 1. The highest BCUT2D eigenvalue weighted by molar-refractivity contribution is 5.83. The van der Waals surface area contributed by atoms with Crippen LogP contribution in [0.2, 0.25) is 0 Å². The highest BCUT2D eigenvalue weighted by atomic mass is 16.5. The number of aliphatic hydroxyl groups is 1. The molecular weight excluding hydrogens is 232 g/mol. The Morgan fingerprint density at radius 2 is 2.22 bits per heavy atom. The normalized spacial score (nSPS) is 13.5. The fourth-order valence-corrected chi connectivity index (χ4v) is 1.90. The van der Waals surface area contributed by atoms with Crippen molar-refractivity contribution in [3.8, 4) is 5.75 Å². The van der Waals surface area contributed by atoms with E-state index < -0.39 is 11.4 Å². The van der Waals surface area contributed by atoms with Gasteiger partial charge in [-0.3, -0.25) is 4.79 Å². The van der Waals surface area contributed by atoms with Gasteiger partial charge in [-0.15, -0.1) is 6.58 Å². The summed E-state index contributed by atoms with van der Waals surface area (Å²) in [5, 5.41) is 9.64. The van der Waals surface area contributed by atoms with Gasteiger partial charge in [0.05, 0.1) is 20.8 Å². The topological polar surface area (TPSA) is 55.8 Å². The lowest BCUT2D eigenvalue weighted by Gasteiger charge is -2.28. The van der Waals surface area contributed by atoms with E-state index in [1.165, 1.54) is 7.11 Å². The van der Waals surface area contributed by atoms with Crippen molar-refractivity contribution in [3.63, 3.8) is 0 Å². The number of allylic oxidation sites excluding steroid dienone is 1. The summed E-state index contributed by atoms with van der Waals surface area (Å²) in [4.78, 5) is 12.0. The molecule has 0 saturated carbocycles. The smallest absolute Gasteiger partial charge is 0.318 e. The zero-order valence-corrected chi connectivity index (χ0v) is 10.7. The quantitative estimate of drug-likeness (QED) is 0.616. The second-order valence-corrected chi connectivity index (χ2v) is 3.96. The van der Waals surface area contributed by atoms with Crippen molar-refractivity contribution in [1.82, 2.24) is 0 Å². The average molecular weight is 250 g/mol. The molecule has 0 spiro atoms. The molecule has 0 bridgehead atoms. The predicted octanol–water partition coefficient (Wildman–Crippen LogP) is 1.67. The molecule has 0 radical (unpaired) electrons. The molecule has 0 amide bonds. The predicted molar refractivity (Wildman–Crippen MR) is 68.6 cm³/mol. The molecule has 0 aliphatic heterocycles. The molecule has 0 aliphatic carbocycles. The summed E-state index contributed by atoms with van der Waals surface area (Å²) < 4.78 is 9.93. The molecule has 0 aromatic heterocycles. The second-order valence-electron chi connectivity index (χ2n) is 3.96. The van der Waals surface area contributed by atoms with Gasteiger partial charge in [-0.2, -0.15) is 0 Å². The number of ether oxygens (including phenoxy) is 2. The SMILES string of the molecule is C=CC[C@@](CO)(C(=O)OC)c1cccc(OC)c1. The number of hydrogen-bond donors (Lipinski definition) is 1. The molecule has 4 nitrogen and oxygen atoms in total. The Labute approximate surface area is 107 Å². The van der Waals surface area contributed by atoms with Gasteiger partial charge < -0.3 is 14.6 Å². The number of methoxy groups -OCH3 is 2. The van der Waals surface area contributed by atoms with E-state index in [2.05, 4.69) is 6.58 Å². The van der Waals surface area contributed by atoms with Crippen LogP contribution < -0.4 is 4.74 Å². The summed E-state index contributed by atoms with van der Waals surface area (Å²) in [6.07, 6.45) is 1.88. The minimum atomic E-state index is -1.12. The summed E-state index contributed by atoms with van der Waals surface area (Å²) >= 11 is 0. The van der Waals surface area contributed by atoms with Crippen molar-refractivity contribution in [2.24, 2.45) is 0 Å². The van der Waals surface area contributed by atoms with Crippen molar-refractivity contribution >= 4 is 5.97 Å². The largest absolute Gasteiger partial charge is 0.497 e. The van der Waals surface area contributed by atoms with E-state index in [1.807, 2.05) is 0 Å². The number of carbonyl (C=O) groups is 1. The van der Waals surface area contributed by atoms with Crippen LogP contribution in [-0.4, -0.2) is 31.9 Å². The lowest BCUT2D eigenvalue weighted by atomic mass is 9.78. The fraction of sp³-hybridized carbons (Fsp3) is 0.357. The first-order chi connectivity index (χ1) is 8.64. The van der Waals surface area contributed by atoms with E-state index in [1.54, 1.807) is 37.5 Å². The third-order valence-electron chi connectivity index (χ3n) is 2.96. The molecule has 1 N–H and O–H groups in total. The summed E-state index contributed by atoms with van der Waals surface area (Å²) in [5.41, 5.74) is -0.471. The number of benzene rings is 1. The van der Waals surface area contributed by atoms with Crippen LogP contribution in [0, 0.1) is 0 Å². The van der Waals surface area contributed by atoms with Crippen molar-refractivity contribution < 1.29 is 19.4 Å². The van der Waals surface area contributed by atoms with Crippen LogP contribution in [0.15, 0.2) is 36.9 Å². The first kappa shape index (κ1) is 14.3. The first-order valence-electron chi connectivity index (χ1n) is 5.59. The molecule has 0 heterocycles. The Morgan fingerprint density at radius 1 is 1.50 bits per heavy atom. The van der Waals surface area contributed by atoms with Crippen LogP contribution in [0.5, 0.6) is 5.75 Å². The van der Waals surface area contributed by atoms with Gasteiger partial charge in [-0.25, -0.2) is 0 Å². The van der Waals surface area contributed by atoms with Crippen molar-refractivity contribution in [1.29, 1.82) is 0 Å². The summed E-state index contributed by atoms with van der Waals surface area (Å²) in [6, 6.07) is 7.03. The molecule has 18 heavy (non-hydrogen) atoms. The maximum absolute atomic E-state index is 12.0. The molecule has 0 unspecified atom stereocenters. The molecule has 0 saturated heterocycles. The van der Waals surface area contributed by atoms with Crippen molar-refractivity contribution in [2.45, 2.75) is 11.8 Å². The lowest BCUT2D eigenvalue weighted by Crippen LogP contribution is -2.40. The van der Waals surface area contributed by atoms with E-state index in [0.29, 0.717) is 17.7 Å². The van der Waals surface area contributed by atoms with E-state index in [4.69, 9.17) is 9.47 Å². The van der Waals surface area contributed by atoms with E-state index in [0.717, 1.165) is 0 Å². The van der Waals surface area contributed by atoms with Gasteiger partial charge in [-0.1, -0.05) is 18.2 Å². The molecule has 1 atom stereocenters. The maximum Gasteiger partial charge on any atom is 0.318 e. The molecule has 0 aliphatic rings. The Kier molecular flexibility index (Phi) is 4.92. The summed E-state index contributed by atoms with van der Waals surface area (Å²) in [7, 11) is 2.85. The highest BCUT2D eigenvalue weighted by Crippen LogP contribution is 2.31. The molecule has 4 heteroatoms. The van der Waals surface area contributed by atoms with Crippen LogP contribution in [-0.2, 0) is 14.9 Å². The third kappa shape index (κ3) is 2.54. The van der Waals surface area contributed by atoms with E-state index in [9.17, 15) is 9.90 Å². The standard InChI is InChI=1S/C14H18O4/c1-4-8-14(10-15,13(16)18-3)11-6-5-7-12(9-11)17-2/h4-7,9,15H,1,8,10H2,2-3H3/t14-/m0/s1. The van der Waals surface area contributed by atoms with Gasteiger partial charge >= 0.3 is 5.97 Å². The lowest BCUT2D eigenvalue weighted by molar-refractivity contribution is -0.149. The average Bonchev–Trinajstić information content (AvgIpc) is 2.44. The minimum absolute atomic E-state index is 0.295. The molecule has 98 valence electrons. The zero-order valence-electron chi connectivity index (χ0n) is 10.7. The number of rotatable bonds is 6. The van der Waals surface area contributed by atoms with Crippen LogP contribution in [0.3, 0.4) is 0 Å². The third-order valence-corrected chi connectivity index (χ3v) is 2.96. The number of hydrogen-bond acceptors (Lipinski definition) is 4.